The second-order valence-electron chi connectivity index (χ2n) is 25.4. The summed E-state index contributed by atoms with van der Waals surface area (Å²) in [6.07, 6.45) is 35.0. The molecule has 0 aliphatic carbocycles. The minimum absolute atomic E-state index is 0.00628. The van der Waals surface area contributed by atoms with Crippen LogP contribution in [0, 0.1) is 11.8 Å². The fraction of sp³-hybridized carbons (Fsp3) is 0.818. The molecule has 2 aliphatic rings. The number of rotatable bonds is 41. The van der Waals surface area contributed by atoms with E-state index in [9.17, 15) is 0 Å². The maximum atomic E-state index is 7.25. The first-order valence-corrected chi connectivity index (χ1v) is 30.3. The average Bonchev–Trinajstić information content (AvgIpc) is 4.27. The highest BCUT2D eigenvalue weighted by molar-refractivity contribution is 5.53. The van der Waals surface area contributed by atoms with E-state index in [4.69, 9.17) is 18.9 Å². The highest BCUT2D eigenvalue weighted by Crippen LogP contribution is 2.47. The summed E-state index contributed by atoms with van der Waals surface area (Å²) < 4.78 is 26.2. The zero-order chi connectivity index (χ0) is 51.2. The van der Waals surface area contributed by atoms with Crippen LogP contribution >= 0.6 is 0 Å². The lowest BCUT2D eigenvalue weighted by molar-refractivity contribution is 0.248. The normalized spacial score (nSPS) is 17.2. The van der Waals surface area contributed by atoms with Crippen molar-refractivity contribution >= 4 is 0 Å². The molecule has 0 radical (unpaired) electrons. The van der Waals surface area contributed by atoms with Gasteiger partial charge in [0.15, 0.2) is 0 Å². The summed E-state index contributed by atoms with van der Waals surface area (Å²) in [7, 11) is 0. The van der Waals surface area contributed by atoms with Crippen LogP contribution in [0.3, 0.4) is 0 Å². The van der Waals surface area contributed by atoms with E-state index < -0.39 is 0 Å². The molecule has 70 heavy (non-hydrogen) atoms. The van der Waals surface area contributed by atoms with Gasteiger partial charge in [0, 0.05) is 22.3 Å². The molecule has 402 valence electrons. The van der Waals surface area contributed by atoms with Crippen molar-refractivity contribution in [3.63, 3.8) is 0 Å². The number of unbranched alkanes of at least 4 members (excludes halogenated alkanes) is 10. The standard InChI is InChI=1S/C66H114O4/c1-15-21-27-39-63(7,8)55-45-51(46-56(64(9,10)40-28-22-16-2)61(55)67-43-31-35-53(33-25-19-5)59-49-69-59)37-38-52-47-57(65(11,12)41-29-23-17-3)62(58(48-52)66(13,14)42-30-24-18-4)68-44-32-36-54(34-26-20-6)60-50-70-60/h45-48,53-54,59-60H,15-44,49-50H2,1-14H3. The number of hydrogen-bond acceptors (Lipinski definition) is 4. The zero-order valence-electron chi connectivity index (χ0n) is 48.9. The second kappa shape index (κ2) is 30.4. The molecule has 4 nitrogen and oxygen atoms in total. The summed E-state index contributed by atoms with van der Waals surface area (Å²) in [5.74, 6) is 3.74. The molecule has 2 aromatic carbocycles. The fourth-order valence-electron chi connectivity index (χ4n) is 11.7. The Morgan fingerprint density at radius 3 is 0.900 bits per heavy atom. The summed E-state index contributed by atoms with van der Waals surface area (Å²) in [6, 6.07) is 10.4. The van der Waals surface area contributed by atoms with E-state index in [0.29, 0.717) is 24.0 Å². The van der Waals surface area contributed by atoms with Crippen LogP contribution in [0.2, 0.25) is 0 Å². The average molecular weight is 972 g/mol. The topological polar surface area (TPSA) is 43.5 Å². The number of hydrogen-bond donors (Lipinski definition) is 0. The van der Waals surface area contributed by atoms with Gasteiger partial charge in [0.2, 0.25) is 0 Å². The van der Waals surface area contributed by atoms with Gasteiger partial charge in [-0.3, -0.25) is 0 Å². The molecular weight excluding hydrogens is 857 g/mol. The van der Waals surface area contributed by atoms with Gasteiger partial charge in [0.1, 0.15) is 11.5 Å². The third-order valence-electron chi connectivity index (χ3n) is 17.1. The summed E-state index contributed by atoms with van der Waals surface area (Å²) in [5.41, 5.74) is 8.74. The van der Waals surface area contributed by atoms with Crippen molar-refractivity contribution in [3.05, 3.63) is 57.6 Å². The van der Waals surface area contributed by atoms with Crippen LogP contribution < -0.4 is 9.47 Å². The van der Waals surface area contributed by atoms with Crippen LogP contribution in [0.25, 0.3) is 0 Å². The van der Waals surface area contributed by atoms with E-state index in [0.717, 1.165) is 52.1 Å². The van der Waals surface area contributed by atoms with Crippen molar-refractivity contribution in [2.24, 2.45) is 11.8 Å². The minimum Gasteiger partial charge on any atom is -0.493 e. The van der Waals surface area contributed by atoms with Gasteiger partial charge >= 0.3 is 0 Å². The Hall–Kier alpha value is -2.04. The quantitative estimate of drug-likeness (QED) is 0.0492. The van der Waals surface area contributed by atoms with Crippen molar-refractivity contribution in [1.29, 1.82) is 0 Å². The molecule has 2 saturated heterocycles. The molecular formula is C66H114O4. The highest BCUT2D eigenvalue weighted by atomic mass is 16.6. The molecule has 4 atom stereocenters. The molecule has 2 aliphatic heterocycles. The molecule has 0 bridgehead atoms. The monoisotopic (exact) mass is 971 g/mol. The van der Waals surface area contributed by atoms with Gasteiger partial charge in [-0.05, 0) is 122 Å². The van der Waals surface area contributed by atoms with Crippen molar-refractivity contribution in [3.8, 4) is 11.5 Å². The van der Waals surface area contributed by atoms with E-state index >= 15 is 0 Å². The largest absolute Gasteiger partial charge is 0.493 e. The first kappa shape index (κ1) is 60.5. The summed E-state index contributed by atoms with van der Waals surface area (Å²) in [6.45, 7) is 37.5. The molecule has 2 aromatic rings. The van der Waals surface area contributed by atoms with Gasteiger partial charge in [0.25, 0.3) is 0 Å². The van der Waals surface area contributed by atoms with Crippen molar-refractivity contribution in [1.82, 2.24) is 0 Å². The van der Waals surface area contributed by atoms with Gasteiger partial charge in [-0.25, -0.2) is 0 Å². The molecule has 4 rings (SSSR count). The Labute approximate surface area is 435 Å². The molecule has 2 heterocycles. The first-order valence-electron chi connectivity index (χ1n) is 30.3. The number of benzene rings is 2. The predicted octanol–water partition coefficient (Wildman–Crippen LogP) is 19.6. The Balaban J connectivity index is 1.79. The van der Waals surface area contributed by atoms with Crippen LogP contribution in [-0.4, -0.2) is 38.6 Å². The molecule has 0 N–H and O–H groups in total. The highest BCUT2D eigenvalue weighted by Gasteiger charge is 2.36. The van der Waals surface area contributed by atoms with E-state index in [2.05, 4.69) is 121 Å². The summed E-state index contributed by atoms with van der Waals surface area (Å²) >= 11 is 0. The van der Waals surface area contributed by atoms with Gasteiger partial charge in [-0.1, -0.05) is 224 Å². The van der Waals surface area contributed by atoms with Crippen molar-refractivity contribution in [2.75, 3.05) is 26.4 Å². The first-order chi connectivity index (χ1) is 33.5. The minimum atomic E-state index is 0.00628. The number of epoxide rings is 2. The fourth-order valence-corrected chi connectivity index (χ4v) is 11.7. The molecule has 0 aromatic heterocycles. The number of ether oxygens (including phenoxy) is 4. The Morgan fingerprint density at radius 1 is 0.400 bits per heavy atom. The maximum absolute atomic E-state index is 7.25. The van der Waals surface area contributed by atoms with Crippen LogP contribution in [0.1, 0.15) is 297 Å². The van der Waals surface area contributed by atoms with Crippen LogP contribution in [0.5, 0.6) is 11.5 Å². The summed E-state index contributed by atoms with van der Waals surface area (Å²) in [4.78, 5) is 0. The lowest BCUT2D eigenvalue weighted by atomic mass is 9.72. The Bertz CT molecular complexity index is 1530. The zero-order valence-corrected chi connectivity index (χ0v) is 48.9. The third kappa shape index (κ3) is 19.7. The molecule has 2 fully saturated rings. The van der Waals surface area contributed by atoms with Crippen LogP contribution in [0.4, 0.5) is 0 Å². The molecule has 4 unspecified atom stereocenters. The maximum Gasteiger partial charge on any atom is 0.126 e. The molecule has 0 saturated carbocycles. The van der Waals surface area contributed by atoms with E-state index in [1.165, 1.54) is 199 Å². The number of aryl methyl sites for hydroxylation is 2. The molecule has 0 spiro atoms. The molecule has 0 amide bonds. The van der Waals surface area contributed by atoms with Crippen LogP contribution in [-0.2, 0) is 44.0 Å². The van der Waals surface area contributed by atoms with Gasteiger partial charge in [-0.2, -0.15) is 0 Å². The third-order valence-corrected chi connectivity index (χ3v) is 17.1. The van der Waals surface area contributed by atoms with Crippen LogP contribution in [0.15, 0.2) is 24.3 Å². The Kier molecular flexibility index (Phi) is 26.2. The van der Waals surface area contributed by atoms with Gasteiger partial charge in [-0.15, -0.1) is 0 Å². The van der Waals surface area contributed by atoms with E-state index in [1.54, 1.807) is 0 Å². The summed E-state index contributed by atoms with van der Waals surface area (Å²) in [5, 5.41) is 0. The van der Waals surface area contributed by atoms with E-state index in [1.807, 2.05) is 0 Å². The smallest absolute Gasteiger partial charge is 0.126 e. The second-order valence-corrected chi connectivity index (χ2v) is 25.4. The SMILES string of the molecule is CCCCCC(C)(C)c1cc(CCc2cc(C(C)(C)CCCCC)c(OCCCC(CCCC)C3CO3)c(C(C)(C)CCCCC)c2)cc(C(C)(C)CCCCC)c1OCCCC(CCCC)C1CO1. The van der Waals surface area contributed by atoms with Crippen molar-refractivity contribution < 1.29 is 18.9 Å². The lowest BCUT2D eigenvalue weighted by Gasteiger charge is -2.35. The van der Waals surface area contributed by atoms with Gasteiger partial charge < -0.3 is 18.9 Å². The molecule has 4 heteroatoms. The van der Waals surface area contributed by atoms with Crippen molar-refractivity contribution in [2.45, 2.75) is 311 Å². The van der Waals surface area contributed by atoms with Gasteiger partial charge in [0.05, 0.1) is 38.6 Å². The predicted molar refractivity (Wildman–Crippen MR) is 304 cm³/mol. The Morgan fingerprint density at radius 2 is 0.657 bits per heavy atom. The lowest BCUT2D eigenvalue weighted by Crippen LogP contribution is -2.25. The van der Waals surface area contributed by atoms with E-state index in [-0.39, 0.29) is 21.7 Å².